The van der Waals surface area contributed by atoms with Crippen LogP contribution in [0.2, 0.25) is 0 Å². The summed E-state index contributed by atoms with van der Waals surface area (Å²) >= 11 is 0. The second-order valence-corrected chi connectivity index (χ2v) is 3.94. The van der Waals surface area contributed by atoms with Crippen molar-refractivity contribution in [1.82, 2.24) is 10.2 Å². The lowest BCUT2D eigenvalue weighted by molar-refractivity contribution is 0.121. The minimum Gasteiger partial charge on any atom is -0.395 e. The Balaban J connectivity index is 2.60. The first-order valence-corrected chi connectivity index (χ1v) is 5.85. The molecule has 0 spiro atoms. The maximum absolute atomic E-state index is 9.36. The van der Waals surface area contributed by atoms with Crippen molar-refractivity contribution in [2.75, 3.05) is 26.7 Å². The van der Waals surface area contributed by atoms with Crippen LogP contribution in [-0.2, 0) is 6.54 Å². The third-order valence-electron chi connectivity index (χ3n) is 2.80. The molecule has 2 N–H and O–H groups in total. The molecule has 16 heavy (non-hydrogen) atoms. The van der Waals surface area contributed by atoms with E-state index in [0.717, 1.165) is 19.6 Å². The number of aliphatic hydroxyl groups is 1. The first-order chi connectivity index (χ1) is 7.81. The highest BCUT2D eigenvalue weighted by atomic mass is 16.3. The fourth-order valence-electron chi connectivity index (χ4n) is 1.86. The summed E-state index contributed by atoms with van der Waals surface area (Å²) in [6.07, 6.45) is 0. The molecule has 3 heteroatoms. The lowest BCUT2D eigenvalue weighted by Crippen LogP contribution is -2.43. The van der Waals surface area contributed by atoms with E-state index in [0.29, 0.717) is 0 Å². The molecule has 1 atom stereocenters. The number of hydrogen-bond donors (Lipinski definition) is 2. The van der Waals surface area contributed by atoms with Crippen molar-refractivity contribution in [1.29, 1.82) is 0 Å². The number of benzene rings is 1. The molecule has 90 valence electrons. The lowest BCUT2D eigenvalue weighted by Gasteiger charge is -2.29. The summed E-state index contributed by atoms with van der Waals surface area (Å²) in [5, 5.41) is 12.5. The molecule has 0 radical (unpaired) electrons. The number of aliphatic hydroxyl groups excluding tert-OH is 1. The summed E-state index contributed by atoms with van der Waals surface area (Å²) in [6.45, 7) is 4.98. The molecule has 0 fully saturated rings. The Morgan fingerprint density at radius 1 is 1.31 bits per heavy atom. The van der Waals surface area contributed by atoms with E-state index >= 15 is 0 Å². The molecule has 0 aliphatic rings. The highest BCUT2D eigenvalue weighted by Crippen LogP contribution is 2.07. The predicted molar refractivity (Wildman–Crippen MR) is 67.3 cm³/mol. The molecule has 0 saturated carbocycles. The lowest BCUT2D eigenvalue weighted by atomic mass is 10.1. The molecule has 0 amide bonds. The van der Waals surface area contributed by atoms with Crippen LogP contribution >= 0.6 is 0 Å². The molecule has 1 rings (SSSR count). The molecule has 0 saturated heterocycles. The SMILES string of the molecule is CCN(Cc1ccccc1)[C@@H](CO)CNC. The van der Waals surface area contributed by atoms with Crippen molar-refractivity contribution < 1.29 is 5.11 Å². The number of nitrogens with one attached hydrogen (secondary N) is 1. The smallest absolute Gasteiger partial charge is 0.0599 e. The molecule has 0 aliphatic heterocycles. The van der Waals surface area contributed by atoms with Crippen LogP contribution in [-0.4, -0.2) is 42.8 Å². The van der Waals surface area contributed by atoms with E-state index in [4.69, 9.17) is 0 Å². The summed E-state index contributed by atoms with van der Waals surface area (Å²) in [7, 11) is 1.92. The van der Waals surface area contributed by atoms with E-state index in [1.165, 1.54) is 5.56 Å². The van der Waals surface area contributed by atoms with Crippen molar-refractivity contribution in [3.05, 3.63) is 35.9 Å². The van der Waals surface area contributed by atoms with Gasteiger partial charge in [-0.3, -0.25) is 4.90 Å². The third kappa shape index (κ3) is 3.93. The van der Waals surface area contributed by atoms with E-state index in [-0.39, 0.29) is 12.6 Å². The first kappa shape index (κ1) is 13.2. The van der Waals surface area contributed by atoms with Gasteiger partial charge in [-0.05, 0) is 19.2 Å². The van der Waals surface area contributed by atoms with Gasteiger partial charge in [-0.15, -0.1) is 0 Å². The Labute approximate surface area is 98.1 Å². The van der Waals surface area contributed by atoms with Crippen molar-refractivity contribution in [2.24, 2.45) is 0 Å². The number of rotatable bonds is 7. The minimum absolute atomic E-state index is 0.190. The van der Waals surface area contributed by atoms with E-state index < -0.39 is 0 Å². The average molecular weight is 222 g/mol. The summed E-state index contributed by atoms with van der Waals surface area (Å²) < 4.78 is 0. The third-order valence-corrected chi connectivity index (χ3v) is 2.80. The monoisotopic (exact) mass is 222 g/mol. The molecular formula is C13H22N2O. The van der Waals surface area contributed by atoms with Crippen LogP contribution in [0.25, 0.3) is 0 Å². The Hall–Kier alpha value is -0.900. The standard InChI is InChI=1S/C13H22N2O/c1-3-15(13(11-16)9-14-2)10-12-7-5-4-6-8-12/h4-8,13-14,16H,3,9-11H2,1-2H3/t13-/m1/s1. The summed E-state index contributed by atoms with van der Waals surface area (Å²) in [6, 6.07) is 10.6. The van der Waals surface area contributed by atoms with Crippen molar-refractivity contribution >= 4 is 0 Å². The van der Waals surface area contributed by atoms with Crippen LogP contribution in [0.4, 0.5) is 0 Å². The van der Waals surface area contributed by atoms with Gasteiger partial charge in [0.05, 0.1) is 6.61 Å². The van der Waals surface area contributed by atoms with E-state index in [9.17, 15) is 5.11 Å². The zero-order valence-corrected chi connectivity index (χ0v) is 10.2. The van der Waals surface area contributed by atoms with Gasteiger partial charge in [-0.1, -0.05) is 37.3 Å². The largest absolute Gasteiger partial charge is 0.395 e. The van der Waals surface area contributed by atoms with Crippen LogP contribution in [0.15, 0.2) is 30.3 Å². The Bertz CT molecular complexity index is 277. The summed E-state index contributed by atoms with van der Waals surface area (Å²) in [4.78, 5) is 2.28. The molecule has 0 aromatic heterocycles. The molecular weight excluding hydrogens is 200 g/mol. The van der Waals surface area contributed by atoms with Crippen LogP contribution < -0.4 is 5.32 Å². The zero-order chi connectivity index (χ0) is 11.8. The normalized spacial score (nSPS) is 13.0. The van der Waals surface area contributed by atoms with Gasteiger partial charge in [0, 0.05) is 19.1 Å². The topological polar surface area (TPSA) is 35.5 Å². The van der Waals surface area contributed by atoms with Gasteiger partial charge in [-0.25, -0.2) is 0 Å². The number of nitrogens with zero attached hydrogens (tertiary/aromatic N) is 1. The van der Waals surface area contributed by atoms with Crippen molar-refractivity contribution in [3.8, 4) is 0 Å². The highest BCUT2D eigenvalue weighted by molar-refractivity contribution is 5.14. The Morgan fingerprint density at radius 3 is 2.50 bits per heavy atom. The Morgan fingerprint density at radius 2 is 2.00 bits per heavy atom. The van der Waals surface area contributed by atoms with Gasteiger partial charge in [-0.2, -0.15) is 0 Å². The fraction of sp³-hybridized carbons (Fsp3) is 0.538. The molecule has 3 nitrogen and oxygen atoms in total. The molecule has 0 heterocycles. The summed E-state index contributed by atoms with van der Waals surface area (Å²) in [5.41, 5.74) is 1.29. The highest BCUT2D eigenvalue weighted by Gasteiger charge is 2.15. The number of hydrogen-bond acceptors (Lipinski definition) is 3. The van der Waals surface area contributed by atoms with E-state index in [2.05, 4.69) is 41.4 Å². The van der Waals surface area contributed by atoms with Crippen molar-refractivity contribution in [3.63, 3.8) is 0 Å². The van der Waals surface area contributed by atoms with Crippen LogP contribution in [0.3, 0.4) is 0 Å². The van der Waals surface area contributed by atoms with Gasteiger partial charge >= 0.3 is 0 Å². The molecule has 0 unspecified atom stereocenters. The number of likely N-dealkylation sites (N-methyl/N-ethyl adjacent to an activating group) is 2. The maximum atomic E-state index is 9.36. The molecule has 1 aromatic carbocycles. The van der Waals surface area contributed by atoms with E-state index in [1.807, 2.05) is 13.1 Å². The van der Waals surface area contributed by atoms with Gasteiger partial charge in [0.25, 0.3) is 0 Å². The first-order valence-electron chi connectivity index (χ1n) is 5.85. The minimum atomic E-state index is 0.190. The zero-order valence-electron chi connectivity index (χ0n) is 10.2. The van der Waals surface area contributed by atoms with Crippen molar-refractivity contribution in [2.45, 2.75) is 19.5 Å². The van der Waals surface area contributed by atoms with Gasteiger partial charge < -0.3 is 10.4 Å². The maximum Gasteiger partial charge on any atom is 0.0599 e. The average Bonchev–Trinajstić information content (AvgIpc) is 2.35. The van der Waals surface area contributed by atoms with Crippen LogP contribution in [0.1, 0.15) is 12.5 Å². The molecule has 0 bridgehead atoms. The molecule has 1 aromatic rings. The van der Waals surface area contributed by atoms with Gasteiger partial charge in [0.1, 0.15) is 0 Å². The fourth-order valence-corrected chi connectivity index (χ4v) is 1.86. The second-order valence-electron chi connectivity index (χ2n) is 3.94. The quantitative estimate of drug-likeness (QED) is 0.725. The second kappa shape index (κ2) is 7.39. The summed E-state index contributed by atoms with van der Waals surface area (Å²) in [5.74, 6) is 0. The van der Waals surface area contributed by atoms with Crippen LogP contribution in [0, 0.1) is 0 Å². The van der Waals surface area contributed by atoms with Gasteiger partial charge in [0.15, 0.2) is 0 Å². The van der Waals surface area contributed by atoms with Crippen LogP contribution in [0.5, 0.6) is 0 Å². The molecule has 0 aliphatic carbocycles. The predicted octanol–water partition coefficient (Wildman–Crippen LogP) is 1.09. The Kier molecular flexibility index (Phi) is 6.08. The van der Waals surface area contributed by atoms with E-state index in [1.54, 1.807) is 0 Å². The van der Waals surface area contributed by atoms with Gasteiger partial charge in [0.2, 0.25) is 0 Å².